The summed E-state index contributed by atoms with van der Waals surface area (Å²) < 4.78 is 3.35. The number of carbonyl (C=O) groups excluding carboxylic acids is 1. The Labute approximate surface area is 201 Å². The Bertz CT molecular complexity index is 1390. The third-order valence-corrected chi connectivity index (χ3v) is 5.92. The van der Waals surface area contributed by atoms with Gasteiger partial charge in [-0.25, -0.2) is 0 Å². The molecule has 0 saturated heterocycles. The van der Waals surface area contributed by atoms with Crippen molar-refractivity contribution in [2.45, 2.75) is 33.9 Å². The number of amides is 1. The molecular formula is C24H23ClN6O3. The highest BCUT2D eigenvalue weighted by molar-refractivity contribution is 6.31. The standard InChI is InChI=1S/C24H23ClN6O3/c1-15-11-22(28-29(15)14-20-8-4-5-10-21(20)25)26-24(32)19-9-6-7-18(12-19)13-30-17(3)23(31(33)34)16(2)27-30/h4-12H,13-14H2,1-3H3,(H,26,28,32). The smallest absolute Gasteiger partial charge is 0.305 e. The van der Waals surface area contributed by atoms with E-state index in [2.05, 4.69) is 15.5 Å². The average Bonchev–Trinajstić information content (AvgIpc) is 3.27. The van der Waals surface area contributed by atoms with Gasteiger partial charge in [0.2, 0.25) is 0 Å². The lowest BCUT2D eigenvalue weighted by atomic mass is 10.1. The molecule has 9 nitrogen and oxygen atoms in total. The van der Waals surface area contributed by atoms with Crippen LogP contribution in [0.3, 0.4) is 0 Å². The molecule has 0 radical (unpaired) electrons. The minimum absolute atomic E-state index is 0.0108. The van der Waals surface area contributed by atoms with Crippen LogP contribution in [0.1, 0.15) is 38.6 Å². The van der Waals surface area contributed by atoms with Crippen LogP contribution in [0.5, 0.6) is 0 Å². The van der Waals surface area contributed by atoms with Crippen molar-refractivity contribution in [3.8, 4) is 0 Å². The predicted molar refractivity (Wildman–Crippen MR) is 129 cm³/mol. The second-order valence-electron chi connectivity index (χ2n) is 8.01. The highest BCUT2D eigenvalue weighted by atomic mass is 35.5. The number of nitrogens with zero attached hydrogens (tertiary/aromatic N) is 5. The summed E-state index contributed by atoms with van der Waals surface area (Å²) in [5, 5.41) is 23.5. The molecule has 34 heavy (non-hydrogen) atoms. The molecule has 4 aromatic rings. The first-order valence-electron chi connectivity index (χ1n) is 10.6. The van der Waals surface area contributed by atoms with Gasteiger partial charge in [-0.1, -0.05) is 41.9 Å². The van der Waals surface area contributed by atoms with Gasteiger partial charge < -0.3 is 5.32 Å². The molecule has 0 aliphatic rings. The molecule has 2 heterocycles. The summed E-state index contributed by atoms with van der Waals surface area (Å²) in [6.07, 6.45) is 0. The number of nitrogens with one attached hydrogen (secondary N) is 1. The molecule has 1 amide bonds. The Kier molecular flexibility index (Phi) is 6.47. The maximum absolute atomic E-state index is 12.9. The number of hydrogen-bond donors (Lipinski definition) is 1. The minimum Gasteiger partial charge on any atom is -0.305 e. The number of rotatable bonds is 7. The van der Waals surface area contributed by atoms with Gasteiger partial charge >= 0.3 is 5.69 Å². The Morgan fingerprint density at radius 3 is 2.50 bits per heavy atom. The van der Waals surface area contributed by atoms with Crippen molar-refractivity contribution in [1.29, 1.82) is 0 Å². The van der Waals surface area contributed by atoms with E-state index in [1.807, 2.05) is 37.3 Å². The number of anilines is 1. The number of halogens is 1. The fraction of sp³-hybridized carbons (Fsp3) is 0.208. The zero-order chi connectivity index (χ0) is 24.4. The number of aromatic nitrogens is 4. The molecule has 0 aliphatic heterocycles. The monoisotopic (exact) mass is 478 g/mol. The van der Waals surface area contributed by atoms with E-state index in [9.17, 15) is 14.9 Å². The molecule has 10 heteroatoms. The fourth-order valence-electron chi connectivity index (χ4n) is 3.80. The molecule has 1 N–H and O–H groups in total. The lowest BCUT2D eigenvalue weighted by molar-refractivity contribution is -0.386. The highest BCUT2D eigenvalue weighted by Crippen LogP contribution is 2.23. The van der Waals surface area contributed by atoms with Gasteiger partial charge in [0.25, 0.3) is 5.91 Å². The number of hydrogen-bond acceptors (Lipinski definition) is 5. The van der Waals surface area contributed by atoms with Crippen LogP contribution in [0.4, 0.5) is 11.5 Å². The van der Waals surface area contributed by atoms with Gasteiger partial charge in [-0.15, -0.1) is 0 Å². The van der Waals surface area contributed by atoms with Crippen LogP contribution >= 0.6 is 11.6 Å². The van der Waals surface area contributed by atoms with E-state index in [1.54, 1.807) is 47.5 Å². The number of aryl methyl sites for hydroxylation is 2. The lowest BCUT2D eigenvalue weighted by Gasteiger charge is -2.07. The molecule has 4 rings (SSSR count). The Hall–Kier alpha value is -3.98. The van der Waals surface area contributed by atoms with Gasteiger partial charge in [0.05, 0.1) is 18.0 Å². The first kappa shape index (κ1) is 23.2. The van der Waals surface area contributed by atoms with Gasteiger partial charge in [0.15, 0.2) is 5.82 Å². The van der Waals surface area contributed by atoms with Gasteiger partial charge in [-0.05, 0) is 50.1 Å². The molecule has 174 valence electrons. The second-order valence-corrected chi connectivity index (χ2v) is 8.42. The Balaban J connectivity index is 1.49. The molecule has 0 bridgehead atoms. The van der Waals surface area contributed by atoms with E-state index in [0.29, 0.717) is 40.9 Å². The first-order valence-corrected chi connectivity index (χ1v) is 11.0. The van der Waals surface area contributed by atoms with Crippen LogP contribution in [0, 0.1) is 30.9 Å². The van der Waals surface area contributed by atoms with Crippen LogP contribution < -0.4 is 5.32 Å². The van der Waals surface area contributed by atoms with E-state index in [1.165, 1.54) is 0 Å². The van der Waals surface area contributed by atoms with Crippen LogP contribution in [-0.2, 0) is 13.1 Å². The highest BCUT2D eigenvalue weighted by Gasteiger charge is 2.22. The van der Waals surface area contributed by atoms with Crippen molar-refractivity contribution in [2.75, 3.05) is 5.32 Å². The third-order valence-electron chi connectivity index (χ3n) is 5.55. The van der Waals surface area contributed by atoms with Crippen molar-refractivity contribution >= 4 is 29.0 Å². The summed E-state index contributed by atoms with van der Waals surface area (Å²) in [6.45, 7) is 5.99. The number of benzene rings is 2. The summed E-state index contributed by atoms with van der Waals surface area (Å²) in [4.78, 5) is 23.7. The molecule has 0 saturated carbocycles. The van der Waals surface area contributed by atoms with Crippen LogP contribution in [0.25, 0.3) is 0 Å². The predicted octanol–water partition coefficient (Wildman–Crippen LogP) is 4.92. The fourth-order valence-corrected chi connectivity index (χ4v) is 3.99. The largest absolute Gasteiger partial charge is 0.312 e. The summed E-state index contributed by atoms with van der Waals surface area (Å²) in [7, 11) is 0. The molecule has 0 fully saturated rings. The molecule has 0 atom stereocenters. The topological polar surface area (TPSA) is 108 Å². The van der Waals surface area contributed by atoms with Gasteiger partial charge in [0.1, 0.15) is 11.4 Å². The summed E-state index contributed by atoms with van der Waals surface area (Å²) in [5.41, 5.74) is 3.91. The van der Waals surface area contributed by atoms with Gasteiger partial charge in [-0.3, -0.25) is 24.3 Å². The lowest BCUT2D eigenvalue weighted by Crippen LogP contribution is -2.14. The van der Waals surface area contributed by atoms with E-state index >= 15 is 0 Å². The normalized spacial score (nSPS) is 10.9. The molecule has 2 aromatic heterocycles. The van der Waals surface area contributed by atoms with Crippen LogP contribution in [0.15, 0.2) is 54.6 Å². The molecular weight excluding hydrogens is 456 g/mol. The summed E-state index contributed by atoms with van der Waals surface area (Å²) >= 11 is 6.26. The van der Waals surface area contributed by atoms with Crippen LogP contribution in [0.2, 0.25) is 5.02 Å². The molecule has 2 aromatic carbocycles. The third kappa shape index (κ3) is 4.84. The maximum atomic E-state index is 12.9. The van der Waals surface area contributed by atoms with Crippen molar-refractivity contribution in [3.05, 3.63) is 104 Å². The Morgan fingerprint density at radius 1 is 1.03 bits per heavy atom. The zero-order valence-corrected chi connectivity index (χ0v) is 19.7. The molecule has 0 spiro atoms. The minimum atomic E-state index is -0.426. The van der Waals surface area contributed by atoms with Crippen molar-refractivity contribution < 1.29 is 9.72 Å². The quantitative estimate of drug-likeness (QED) is 0.300. The first-order chi connectivity index (χ1) is 16.2. The summed E-state index contributed by atoms with van der Waals surface area (Å²) in [6, 6.07) is 16.4. The maximum Gasteiger partial charge on any atom is 0.312 e. The second kappa shape index (κ2) is 9.48. The zero-order valence-electron chi connectivity index (χ0n) is 18.9. The van der Waals surface area contributed by atoms with Crippen molar-refractivity contribution in [2.24, 2.45) is 0 Å². The SMILES string of the molecule is Cc1nn(Cc2cccc(C(=O)Nc3cc(C)n(Cc4ccccc4Cl)n3)c2)c(C)c1[N+](=O)[O-]. The van der Waals surface area contributed by atoms with Gasteiger partial charge in [0, 0.05) is 22.3 Å². The van der Waals surface area contributed by atoms with Gasteiger partial charge in [-0.2, -0.15) is 10.2 Å². The van der Waals surface area contributed by atoms with Crippen molar-refractivity contribution in [3.63, 3.8) is 0 Å². The number of nitro groups is 1. The van der Waals surface area contributed by atoms with E-state index in [4.69, 9.17) is 11.6 Å². The number of carbonyl (C=O) groups is 1. The molecule has 0 unspecified atom stereocenters. The summed E-state index contributed by atoms with van der Waals surface area (Å²) in [5.74, 6) is 0.137. The van der Waals surface area contributed by atoms with E-state index in [0.717, 1.165) is 16.8 Å². The van der Waals surface area contributed by atoms with Crippen molar-refractivity contribution in [1.82, 2.24) is 19.6 Å². The average molecular weight is 479 g/mol. The van der Waals surface area contributed by atoms with E-state index < -0.39 is 4.92 Å². The molecule has 0 aliphatic carbocycles. The Morgan fingerprint density at radius 2 is 1.79 bits per heavy atom. The van der Waals surface area contributed by atoms with E-state index in [-0.39, 0.29) is 11.6 Å². The van der Waals surface area contributed by atoms with Crippen LogP contribution in [-0.4, -0.2) is 30.4 Å².